The Morgan fingerprint density at radius 2 is 2.29 bits per heavy atom. The largest absolute Gasteiger partial charge is 0.287 e. The second-order valence-electron chi connectivity index (χ2n) is 2.64. The van der Waals surface area contributed by atoms with E-state index in [2.05, 4.69) is 9.71 Å². The van der Waals surface area contributed by atoms with Crippen molar-refractivity contribution in [2.24, 2.45) is 0 Å². The third kappa shape index (κ3) is 3.02. The van der Waals surface area contributed by atoms with Crippen molar-refractivity contribution in [3.8, 4) is 0 Å². The number of nitrogens with one attached hydrogen (secondary N) is 1. The number of hydrogen-bond donors (Lipinski definition) is 1. The molecule has 0 aliphatic heterocycles. The Kier molecular flexibility index (Phi) is 3.94. The van der Waals surface area contributed by atoms with Crippen LogP contribution in [-0.4, -0.2) is 14.9 Å². The van der Waals surface area contributed by atoms with Gasteiger partial charge in [-0.3, -0.25) is 4.72 Å². The Bertz CT molecular complexity index is 346. The van der Waals surface area contributed by atoms with Gasteiger partial charge in [0.25, 0.3) is 0 Å². The highest BCUT2D eigenvalue weighted by atomic mass is 32.2. The molecule has 0 saturated heterocycles. The zero-order chi connectivity index (χ0) is 10.6. The van der Waals surface area contributed by atoms with Crippen LogP contribution < -0.4 is 4.72 Å². The van der Waals surface area contributed by atoms with E-state index in [4.69, 9.17) is 0 Å². The van der Waals surface area contributed by atoms with Crippen LogP contribution in [0.3, 0.4) is 0 Å². The molecule has 0 bridgehead atoms. The molecule has 14 heavy (non-hydrogen) atoms. The average Bonchev–Trinajstić information content (AvgIpc) is 2.10. The number of pyridine rings is 1. The van der Waals surface area contributed by atoms with Gasteiger partial charge in [-0.1, -0.05) is 6.92 Å². The molecular weight excluding hydrogens is 210 g/mol. The summed E-state index contributed by atoms with van der Waals surface area (Å²) in [5.74, 6) is -1.37. The Balaban J connectivity index is 2.72. The van der Waals surface area contributed by atoms with E-state index in [-0.39, 0.29) is 5.82 Å². The molecular formula is C8H10F2N2OS. The summed E-state index contributed by atoms with van der Waals surface area (Å²) in [6.07, 6.45) is 1.58. The predicted octanol–water partition coefficient (Wildman–Crippen LogP) is 1.85. The van der Waals surface area contributed by atoms with E-state index in [1.807, 2.05) is 6.92 Å². The van der Waals surface area contributed by atoms with Crippen molar-refractivity contribution < 1.29 is 13.0 Å². The number of aromatic nitrogens is 1. The van der Waals surface area contributed by atoms with Gasteiger partial charge in [0, 0.05) is 11.8 Å². The van der Waals surface area contributed by atoms with Gasteiger partial charge in [-0.05, 0) is 6.42 Å². The van der Waals surface area contributed by atoms with Crippen molar-refractivity contribution in [3.63, 3.8) is 0 Å². The lowest BCUT2D eigenvalue weighted by molar-refractivity contribution is 0.577. The maximum atomic E-state index is 13.0. The minimum atomic E-state index is -1.36. The lowest BCUT2D eigenvalue weighted by Gasteiger charge is -2.04. The average molecular weight is 220 g/mol. The normalized spacial score (nSPS) is 12.5. The van der Waals surface area contributed by atoms with Crippen molar-refractivity contribution in [1.29, 1.82) is 0 Å². The van der Waals surface area contributed by atoms with Gasteiger partial charge in [0.15, 0.2) is 11.6 Å². The van der Waals surface area contributed by atoms with Gasteiger partial charge in [-0.25, -0.2) is 18.0 Å². The first-order chi connectivity index (χ1) is 6.63. The van der Waals surface area contributed by atoms with Crippen molar-refractivity contribution in [3.05, 3.63) is 23.9 Å². The first kappa shape index (κ1) is 11.0. The fourth-order valence-electron chi connectivity index (χ4n) is 0.834. The Labute approximate surface area is 83.1 Å². The van der Waals surface area contributed by atoms with Gasteiger partial charge >= 0.3 is 0 Å². The molecule has 0 spiro atoms. The molecule has 1 unspecified atom stereocenters. The predicted molar refractivity (Wildman–Crippen MR) is 51.1 cm³/mol. The molecule has 0 aliphatic carbocycles. The van der Waals surface area contributed by atoms with Crippen molar-refractivity contribution in [2.75, 3.05) is 10.5 Å². The van der Waals surface area contributed by atoms with E-state index >= 15 is 0 Å². The topological polar surface area (TPSA) is 42.0 Å². The zero-order valence-corrected chi connectivity index (χ0v) is 8.41. The number of hydrogen-bond acceptors (Lipinski definition) is 2. The Morgan fingerprint density at radius 1 is 1.57 bits per heavy atom. The summed E-state index contributed by atoms with van der Waals surface area (Å²) >= 11 is 0. The molecule has 1 atom stereocenters. The lowest BCUT2D eigenvalue weighted by Crippen LogP contribution is -2.10. The van der Waals surface area contributed by atoms with Crippen LogP contribution in [0.25, 0.3) is 0 Å². The summed E-state index contributed by atoms with van der Waals surface area (Å²) in [5.41, 5.74) is 0. The van der Waals surface area contributed by atoms with Gasteiger partial charge in [0.2, 0.25) is 0 Å². The SMILES string of the molecule is CCCS(=O)Nc1ncc(F)cc1F. The van der Waals surface area contributed by atoms with E-state index in [1.54, 1.807) is 0 Å². The van der Waals surface area contributed by atoms with Gasteiger partial charge in [0.05, 0.1) is 6.20 Å². The fourth-order valence-corrected chi connectivity index (χ4v) is 1.67. The van der Waals surface area contributed by atoms with Crippen LogP contribution in [0.4, 0.5) is 14.6 Å². The molecule has 0 aliphatic rings. The van der Waals surface area contributed by atoms with Gasteiger partial charge in [-0.15, -0.1) is 0 Å². The molecule has 1 N–H and O–H groups in total. The molecule has 0 fully saturated rings. The van der Waals surface area contributed by atoms with E-state index in [9.17, 15) is 13.0 Å². The number of halogens is 2. The van der Waals surface area contributed by atoms with Crippen molar-refractivity contribution >= 4 is 16.8 Å². The minimum Gasteiger partial charge on any atom is -0.287 e. The summed E-state index contributed by atoms with van der Waals surface area (Å²) in [6, 6.07) is 0.693. The van der Waals surface area contributed by atoms with Gasteiger partial charge in [-0.2, -0.15) is 0 Å². The Hall–Kier alpha value is -1.04. The molecule has 78 valence electrons. The summed E-state index contributed by atoms with van der Waals surface area (Å²) in [5, 5.41) is 0. The number of rotatable bonds is 4. The second-order valence-corrected chi connectivity index (χ2v) is 3.94. The van der Waals surface area contributed by atoms with Crippen molar-refractivity contribution in [1.82, 2.24) is 4.98 Å². The highest BCUT2D eigenvalue weighted by molar-refractivity contribution is 7.86. The number of anilines is 1. The number of nitrogens with zero attached hydrogens (tertiary/aromatic N) is 1. The summed E-state index contributed by atoms with van der Waals surface area (Å²) in [6.45, 7) is 1.86. The molecule has 3 nitrogen and oxygen atoms in total. The van der Waals surface area contributed by atoms with Gasteiger partial charge < -0.3 is 0 Å². The van der Waals surface area contributed by atoms with Crippen LogP contribution in [0.15, 0.2) is 12.3 Å². The molecule has 0 saturated carbocycles. The molecule has 0 radical (unpaired) electrons. The molecule has 1 rings (SSSR count). The minimum absolute atomic E-state index is 0.182. The summed E-state index contributed by atoms with van der Waals surface area (Å²) in [7, 11) is -1.36. The van der Waals surface area contributed by atoms with Crippen LogP contribution in [0.2, 0.25) is 0 Å². The van der Waals surface area contributed by atoms with Gasteiger partial charge in [0.1, 0.15) is 16.8 Å². The second kappa shape index (κ2) is 4.99. The third-order valence-corrected chi connectivity index (χ3v) is 2.61. The maximum absolute atomic E-state index is 13.0. The first-order valence-corrected chi connectivity index (χ1v) is 5.41. The first-order valence-electron chi connectivity index (χ1n) is 4.09. The van der Waals surface area contributed by atoms with Crippen LogP contribution >= 0.6 is 0 Å². The molecule has 1 aromatic heterocycles. The van der Waals surface area contributed by atoms with E-state index in [1.165, 1.54) is 0 Å². The third-order valence-electron chi connectivity index (χ3n) is 1.41. The van der Waals surface area contributed by atoms with Crippen molar-refractivity contribution in [2.45, 2.75) is 13.3 Å². The summed E-state index contributed by atoms with van der Waals surface area (Å²) < 4.78 is 38.9. The van der Waals surface area contributed by atoms with E-state index in [0.29, 0.717) is 18.2 Å². The van der Waals surface area contributed by atoms with Crippen LogP contribution in [-0.2, 0) is 11.0 Å². The Morgan fingerprint density at radius 3 is 2.86 bits per heavy atom. The molecule has 6 heteroatoms. The quantitative estimate of drug-likeness (QED) is 0.841. The zero-order valence-electron chi connectivity index (χ0n) is 7.59. The molecule has 0 aromatic carbocycles. The smallest absolute Gasteiger partial charge is 0.174 e. The fraction of sp³-hybridized carbons (Fsp3) is 0.375. The summed E-state index contributed by atoms with van der Waals surface area (Å²) in [4.78, 5) is 3.45. The highest BCUT2D eigenvalue weighted by Gasteiger charge is 2.07. The standard InChI is InChI=1S/C8H10F2N2OS/c1-2-3-14(13)12-8-7(10)4-6(9)5-11-8/h4-5H,2-3H2,1H3,(H,11,12). The van der Waals surface area contributed by atoms with E-state index < -0.39 is 22.6 Å². The molecule has 0 amide bonds. The highest BCUT2D eigenvalue weighted by Crippen LogP contribution is 2.11. The van der Waals surface area contributed by atoms with Crippen LogP contribution in [0.5, 0.6) is 0 Å². The monoisotopic (exact) mass is 220 g/mol. The molecule has 1 aromatic rings. The lowest BCUT2D eigenvalue weighted by atomic mass is 10.4. The molecule has 1 heterocycles. The van der Waals surface area contributed by atoms with E-state index in [0.717, 1.165) is 6.20 Å². The van der Waals surface area contributed by atoms with Crippen LogP contribution in [0, 0.1) is 11.6 Å². The maximum Gasteiger partial charge on any atom is 0.174 e. The van der Waals surface area contributed by atoms with Crippen LogP contribution in [0.1, 0.15) is 13.3 Å².